The lowest BCUT2D eigenvalue weighted by atomic mass is 10.2. The van der Waals surface area contributed by atoms with Gasteiger partial charge in [-0.3, -0.25) is 4.99 Å². The lowest BCUT2D eigenvalue weighted by Gasteiger charge is -2.01. The average Bonchev–Trinajstić information content (AvgIpc) is 2.52. The molecule has 0 saturated carbocycles. The number of benzene rings is 2. The number of rotatable bonds is 5. The van der Waals surface area contributed by atoms with Gasteiger partial charge in [-0.1, -0.05) is 48.5 Å². The summed E-state index contributed by atoms with van der Waals surface area (Å²) in [7, 11) is 1.65. The van der Waals surface area contributed by atoms with Crippen LogP contribution < -0.4 is 10.5 Å². The van der Waals surface area contributed by atoms with E-state index in [-0.39, 0.29) is 0 Å². The maximum Gasteiger partial charge on any atom is 0.118 e. The summed E-state index contributed by atoms with van der Waals surface area (Å²) in [6.07, 6.45) is 3.77. The first kappa shape index (κ1) is 13.9. The first-order valence-electron chi connectivity index (χ1n) is 6.44. The molecule has 2 aromatic carbocycles. The molecule has 102 valence electrons. The summed E-state index contributed by atoms with van der Waals surface area (Å²) in [5.41, 5.74) is 8.07. The minimum Gasteiger partial charge on any atom is -0.497 e. The van der Waals surface area contributed by atoms with Crippen molar-refractivity contribution in [3.05, 3.63) is 71.8 Å². The third kappa shape index (κ3) is 4.28. The maximum absolute atomic E-state index is 5.86. The molecule has 3 nitrogen and oxygen atoms in total. The second-order valence-corrected chi connectivity index (χ2v) is 4.33. The summed E-state index contributed by atoms with van der Waals surface area (Å²) in [5, 5.41) is 0. The molecule has 0 unspecified atom stereocenters. The van der Waals surface area contributed by atoms with E-state index < -0.39 is 0 Å². The SMILES string of the molecule is COc1ccc(CN=C(N)/C=C/c2ccccc2)cc1. The number of nitrogens with zero attached hydrogens (tertiary/aromatic N) is 1. The summed E-state index contributed by atoms with van der Waals surface area (Å²) in [6, 6.07) is 17.8. The van der Waals surface area contributed by atoms with E-state index in [0.717, 1.165) is 16.9 Å². The average molecular weight is 266 g/mol. The highest BCUT2D eigenvalue weighted by atomic mass is 16.5. The van der Waals surface area contributed by atoms with Crippen LogP contribution in [0.3, 0.4) is 0 Å². The number of hydrogen-bond donors (Lipinski definition) is 1. The molecule has 0 atom stereocenters. The van der Waals surface area contributed by atoms with Gasteiger partial charge >= 0.3 is 0 Å². The third-order valence-corrected chi connectivity index (χ3v) is 2.85. The fraction of sp³-hybridized carbons (Fsp3) is 0.118. The van der Waals surface area contributed by atoms with Gasteiger partial charge in [-0.05, 0) is 29.3 Å². The van der Waals surface area contributed by atoms with Crippen LogP contribution in [0, 0.1) is 0 Å². The van der Waals surface area contributed by atoms with E-state index in [1.54, 1.807) is 7.11 Å². The van der Waals surface area contributed by atoms with E-state index >= 15 is 0 Å². The van der Waals surface area contributed by atoms with Gasteiger partial charge in [-0.2, -0.15) is 0 Å². The Morgan fingerprint density at radius 2 is 1.80 bits per heavy atom. The number of methoxy groups -OCH3 is 1. The molecule has 0 heterocycles. The van der Waals surface area contributed by atoms with Gasteiger partial charge in [0.25, 0.3) is 0 Å². The molecule has 2 rings (SSSR count). The van der Waals surface area contributed by atoms with Crippen molar-refractivity contribution >= 4 is 11.9 Å². The maximum atomic E-state index is 5.86. The van der Waals surface area contributed by atoms with E-state index in [2.05, 4.69) is 4.99 Å². The fourth-order valence-electron chi connectivity index (χ4n) is 1.71. The van der Waals surface area contributed by atoms with Crippen LogP contribution in [-0.4, -0.2) is 12.9 Å². The van der Waals surface area contributed by atoms with E-state index in [4.69, 9.17) is 10.5 Å². The number of aliphatic imine (C=N–C) groups is 1. The van der Waals surface area contributed by atoms with Crippen LogP contribution in [0.5, 0.6) is 5.75 Å². The van der Waals surface area contributed by atoms with Gasteiger partial charge in [0.2, 0.25) is 0 Å². The Hall–Kier alpha value is -2.55. The Balaban J connectivity index is 1.95. The first-order valence-corrected chi connectivity index (χ1v) is 6.44. The number of amidine groups is 1. The summed E-state index contributed by atoms with van der Waals surface area (Å²) in [6.45, 7) is 0.564. The molecule has 0 radical (unpaired) electrons. The Bertz CT molecular complexity index is 586. The van der Waals surface area contributed by atoms with Crippen LogP contribution in [0.25, 0.3) is 6.08 Å². The van der Waals surface area contributed by atoms with Crippen LogP contribution in [0.4, 0.5) is 0 Å². The molecule has 0 fully saturated rings. The number of hydrogen-bond acceptors (Lipinski definition) is 2. The molecule has 0 aliphatic heterocycles. The van der Waals surface area contributed by atoms with E-state index in [0.29, 0.717) is 12.4 Å². The summed E-state index contributed by atoms with van der Waals surface area (Å²) in [4.78, 5) is 4.33. The largest absolute Gasteiger partial charge is 0.497 e. The van der Waals surface area contributed by atoms with Gasteiger partial charge in [0.15, 0.2) is 0 Å². The van der Waals surface area contributed by atoms with Crippen molar-refractivity contribution < 1.29 is 4.74 Å². The molecule has 0 amide bonds. The molecule has 2 N–H and O–H groups in total. The van der Waals surface area contributed by atoms with Gasteiger partial charge in [0.05, 0.1) is 13.7 Å². The quantitative estimate of drug-likeness (QED) is 0.667. The zero-order valence-corrected chi connectivity index (χ0v) is 11.5. The van der Waals surface area contributed by atoms with Crippen molar-refractivity contribution in [1.82, 2.24) is 0 Å². The molecule has 3 heteroatoms. The van der Waals surface area contributed by atoms with E-state index in [1.807, 2.05) is 66.7 Å². The summed E-state index contributed by atoms with van der Waals surface area (Å²) in [5.74, 6) is 1.36. The molecule has 0 bridgehead atoms. The predicted molar refractivity (Wildman–Crippen MR) is 83.8 cm³/mol. The normalized spacial score (nSPS) is 11.8. The van der Waals surface area contributed by atoms with Crippen LogP contribution in [0.15, 0.2) is 65.7 Å². The summed E-state index contributed by atoms with van der Waals surface area (Å²) >= 11 is 0. The van der Waals surface area contributed by atoms with Crippen molar-refractivity contribution in [3.63, 3.8) is 0 Å². The lowest BCUT2D eigenvalue weighted by Crippen LogP contribution is -2.07. The van der Waals surface area contributed by atoms with E-state index in [1.165, 1.54) is 0 Å². The molecule has 20 heavy (non-hydrogen) atoms. The van der Waals surface area contributed by atoms with Gasteiger partial charge in [-0.15, -0.1) is 0 Å². The predicted octanol–water partition coefficient (Wildman–Crippen LogP) is 3.27. The summed E-state index contributed by atoms with van der Waals surface area (Å²) < 4.78 is 5.11. The van der Waals surface area contributed by atoms with Crippen LogP contribution >= 0.6 is 0 Å². The first-order chi connectivity index (χ1) is 9.78. The smallest absolute Gasteiger partial charge is 0.118 e. The van der Waals surface area contributed by atoms with Crippen molar-refractivity contribution in [1.29, 1.82) is 0 Å². The highest BCUT2D eigenvalue weighted by Crippen LogP contribution is 2.11. The standard InChI is InChI=1S/C17H18N2O/c1-20-16-10-7-15(8-11-16)13-19-17(18)12-9-14-5-3-2-4-6-14/h2-12H,13H2,1H3,(H2,18,19)/b12-9+. The second-order valence-electron chi connectivity index (χ2n) is 4.33. The van der Waals surface area contributed by atoms with Gasteiger partial charge in [0, 0.05) is 0 Å². The fourth-order valence-corrected chi connectivity index (χ4v) is 1.71. The number of nitrogens with two attached hydrogens (primary N) is 1. The monoisotopic (exact) mass is 266 g/mol. The Morgan fingerprint density at radius 3 is 2.45 bits per heavy atom. The van der Waals surface area contributed by atoms with Gasteiger partial charge in [0.1, 0.15) is 11.6 Å². The van der Waals surface area contributed by atoms with Crippen molar-refractivity contribution in [3.8, 4) is 5.75 Å². The van der Waals surface area contributed by atoms with Crippen LogP contribution in [0.2, 0.25) is 0 Å². The van der Waals surface area contributed by atoms with Crippen molar-refractivity contribution in [2.75, 3.05) is 7.11 Å². The Labute approximate surface area is 119 Å². The van der Waals surface area contributed by atoms with Crippen molar-refractivity contribution in [2.24, 2.45) is 10.7 Å². The van der Waals surface area contributed by atoms with Crippen LogP contribution in [-0.2, 0) is 6.54 Å². The lowest BCUT2D eigenvalue weighted by molar-refractivity contribution is 0.414. The molecule has 0 saturated heterocycles. The molecule has 0 aromatic heterocycles. The van der Waals surface area contributed by atoms with Gasteiger partial charge in [-0.25, -0.2) is 0 Å². The molecular formula is C17H18N2O. The minimum atomic E-state index is 0.518. The second kappa shape index (κ2) is 7.14. The minimum absolute atomic E-state index is 0.518. The van der Waals surface area contributed by atoms with Crippen LogP contribution in [0.1, 0.15) is 11.1 Å². The van der Waals surface area contributed by atoms with Gasteiger partial charge < -0.3 is 10.5 Å². The zero-order chi connectivity index (χ0) is 14.2. The molecule has 0 aliphatic carbocycles. The third-order valence-electron chi connectivity index (χ3n) is 2.85. The highest BCUT2D eigenvalue weighted by Gasteiger charge is 1.93. The van der Waals surface area contributed by atoms with Crippen molar-refractivity contribution in [2.45, 2.75) is 6.54 Å². The topological polar surface area (TPSA) is 47.6 Å². The number of ether oxygens (including phenoxy) is 1. The molecule has 0 aliphatic rings. The Kier molecular flexibility index (Phi) is 4.95. The van der Waals surface area contributed by atoms with E-state index in [9.17, 15) is 0 Å². The molecular weight excluding hydrogens is 248 g/mol. The molecule has 2 aromatic rings. The highest BCUT2D eigenvalue weighted by molar-refractivity contribution is 5.95. The zero-order valence-electron chi connectivity index (χ0n) is 11.5. The molecule has 0 spiro atoms. The Morgan fingerprint density at radius 1 is 1.10 bits per heavy atom.